The molecule has 2 atom stereocenters. The summed E-state index contributed by atoms with van der Waals surface area (Å²) in [5.74, 6) is 0. The number of amides is 1. The van der Waals surface area contributed by atoms with Gasteiger partial charge in [-0.3, -0.25) is 4.90 Å². The lowest BCUT2D eigenvalue weighted by atomic mass is 10.0. The summed E-state index contributed by atoms with van der Waals surface area (Å²) < 4.78 is 5.33. The first-order valence-corrected chi connectivity index (χ1v) is 8.28. The van der Waals surface area contributed by atoms with E-state index in [0.29, 0.717) is 6.54 Å². The van der Waals surface area contributed by atoms with Crippen LogP contribution in [-0.2, 0) is 4.74 Å². The molecule has 23 heavy (non-hydrogen) atoms. The maximum atomic E-state index is 11.9. The van der Waals surface area contributed by atoms with Crippen molar-refractivity contribution in [2.75, 3.05) is 19.6 Å². The molecule has 0 saturated carbocycles. The number of likely N-dealkylation sites (tertiary alicyclic amines) is 1. The fourth-order valence-electron chi connectivity index (χ4n) is 3.04. The predicted molar refractivity (Wildman–Crippen MR) is 92.3 cm³/mol. The average molecular weight is 319 g/mol. The van der Waals surface area contributed by atoms with Crippen LogP contribution in [0.2, 0.25) is 0 Å². The van der Waals surface area contributed by atoms with Crippen molar-refractivity contribution in [1.82, 2.24) is 10.2 Å². The van der Waals surface area contributed by atoms with Crippen molar-refractivity contribution in [2.45, 2.75) is 51.8 Å². The van der Waals surface area contributed by atoms with Gasteiger partial charge in [-0.25, -0.2) is 4.79 Å². The predicted octanol–water partition coefficient (Wildman–Crippen LogP) is 2.59. The Morgan fingerprint density at radius 2 is 2.22 bits per heavy atom. The summed E-state index contributed by atoms with van der Waals surface area (Å²) in [6.07, 6.45) is 0.575. The van der Waals surface area contributed by atoms with Crippen LogP contribution in [0.1, 0.15) is 44.4 Å². The quantitative estimate of drug-likeness (QED) is 0.895. The Bertz CT molecular complexity index is 539. The van der Waals surface area contributed by atoms with Gasteiger partial charge in [-0.1, -0.05) is 29.8 Å². The number of ether oxygens (including phenoxy) is 1. The lowest BCUT2D eigenvalue weighted by Gasteiger charge is -2.27. The molecular formula is C18H29N3O2. The van der Waals surface area contributed by atoms with Gasteiger partial charge >= 0.3 is 6.09 Å². The van der Waals surface area contributed by atoms with Crippen molar-refractivity contribution in [3.8, 4) is 0 Å². The van der Waals surface area contributed by atoms with Crippen LogP contribution in [0.3, 0.4) is 0 Å². The van der Waals surface area contributed by atoms with E-state index in [2.05, 4.69) is 41.4 Å². The average Bonchev–Trinajstić information content (AvgIpc) is 2.85. The van der Waals surface area contributed by atoms with E-state index in [9.17, 15) is 4.79 Å². The number of rotatable bonds is 4. The number of carbonyl (C=O) groups is 1. The summed E-state index contributed by atoms with van der Waals surface area (Å²) in [5, 5.41) is 2.96. The summed E-state index contributed by atoms with van der Waals surface area (Å²) >= 11 is 0. The first-order valence-electron chi connectivity index (χ1n) is 8.28. The fraction of sp³-hybridized carbons (Fsp3) is 0.611. The van der Waals surface area contributed by atoms with Gasteiger partial charge in [0.15, 0.2) is 0 Å². The van der Waals surface area contributed by atoms with Crippen LogP contribution in [0.5, 0.6) is 0 Å². The molecular weight excluding hydrogens is 290 g/mol. The Morgan fingerprint density at radius 3 is 2.83 bits per heavy atom. The van der Waals surface area contributed by atoms with Crippen molar-refractivity contribution >= 4 is 6.09 Å². The number of nitrogens with one attached hydrogen (secondary N) is 1. The van der Waals surface area contributed by atoms with E-state index < -0.39 is 5.60 Å². The first kappa shape index (κ1) is 17.8. The van der Waals surface area contributed by atoms with E-state index in [4.69, 9.17) is 10.5 Å². The molecule has 3 N–H and O–H groups in total. The SMILES string of the molecule is Cc1cccc([C@H](CN)N2CC[C@@H](NC(=O)OC(C)(C)C)C2)c1. The third-order valence-electron chi connectivity index (χ3n) is 4.03. The zero-order chi connectivity index (χ0) is 17.0. The second-order valence-corrected chi connectivity index (χ2v) is 7.29. The molecule has 5 heteroatoms. The topological polar surface area (TPSA) is 67.6 Å². The Balaban J connectivity index is 1.94. The first-order chi connectivity index (χ1) is 10.8. The van der Waals surface area contributed by atoms with Gasteiger partial charge in [0.25, 0.3) is 0 Å². The van der Waals surface area contributed by atoms with Gasteiger partial charge in [0.1, 0.15) is 5.60 Å². The van der Waals surface area contributed by atoms with Gasteiger partial charge in [0.05, 0.1) is 0 Å². The molecule has 0 bridgehead atoms. The van der Waals surface area contributed by atoms with Gasteiger partial charge < -0.3 is 15.8 Å². The molecule has 1 aromatic carbocycles. The number of benzene rings is 1. The lowest BCUT2D eigenvalue weighted by Crippen LogP contribution is -2.41. The minimum Gasteiger partial charge on any atom is -0.444 e. The van der Waals surface area contributed by atoms with Crippen LogP contribution in [0.4, 0.5) is 4.79 Å². The van der Waals surface area contributed by atoms with Gasteiger partial charge in [-0.05, 0) is 39.7 Å². The fourth-order valence-corrected chi connectivity index (χ4v) is 3.04. The lowest BCUT2D eigenvalue weighted by molar-refractivity contribution is 0.0504. The van der Waals surface area contributed by atoms with E-state index in [0.717, 1.165) is 19.5 Å². The molecule has 0 unspecified atom stereocenters. The minimum atomic E-state index is -0.469. The highest BCUT2D eigenvalue weighted by molar-refractivity contribution is 5.68. The van der Waals surface area contributed by atoms with Crippen LogP contribution >= 0.6 is 0 Å². The standard InChI is InChI=1S/C18H29N3O2/c1-13-6-5-7-14(10-13)16(11-19)21-9-8-15(12-21)20-17(22)23-18(2,3)4/h5-7,10,15-16H,8-9,11-12,19H2,1-4H3,(H,20,22)/t15-,16+/m1/s1. The van der Waals surface area contributed by atoms with Crippen LogP contribution < -0.4 is 11.1 Å². The summed E-state index contributed by atoms with van der Waals surface area (Å²) in [7, 11) is 0. The molecule has 1 amide bonds. The van der Waals surface area contributed by atoms with Crippen LogP contribution in [0.15, 0.2) is 24.3 Å². The zero-order valence-electron chi connectivity index (χ0n) is 14.6. The molecule has 1 aliphatic rings. The highest BCUT2D eigenvalue weighted by atomic mass is 16.6. The Hall–Kier alpha value is -1.59. The number of nitrogens with two attached hydrogens (primary N) is 1. The second-order valence-electron chi connectivity index (χ2n) is 7.29. The molecule has 0 aliphatic carbocycles. The number of aryl methyl sites for hydroxylation is 1. The summed E-state index contributed by atoms with van der Waals surface area (Å²) in [5.41, 5.74) is 8.02. The highest BCUT2D eigenvalue weighted by Gasteiger charge is 2.30. The van der Waals surface area contributed by atoms with Crippen molar-refractivity contribution in [3.63, 3.8) is 0 Å². The third kappa shape index (κ3) is 5.22. The van der Waals surface area contributed by atoms with E-state index in [1.807, 2.05) is 20.8 Å². The van der Waals surface area contributed by atoms with Crippen LogP contribution in [0.25, 0.3) is 0 Å². The Morgan fingerprint density at radius 1 is 1.48 bits per heavy atom. The third-order valence-corrected chi connectivity index (χ3v) is 4.03. The highest BCUT2D eigenvalue weighted by Crippen LogP contribution is 2.25. The molecule has 1 fully saturated rings. The van der Waals surface area contributed by atoms with Crippen molar-refractivity contribution in [3.05, 3.63) is 35.4 Å². The molecule has 0 radical (unpaired) electrons. The van der Waals surface area contributed by atoms with Gasteiger partial charge in [-0.2, -0.15) is 0 Å². The number of carbonyl (C=O) groups excluding carboxylic acids is 1. The van der Waals surface area contributed by atoms with Gasteiger partial charge in [0, 0.05) is 31.7 Å². The molecule has 128 valence electrons. The Kier molecular flexibility index (Phi) is 5.65. The Labute approximate surface area is 139 Å². The monoisotopic (exact) mass is 319 g/mol. The van der Waals surface area contributed by atoms with E-state index in [1.165, 1.54) is 11.1 Å². The van der Waals surface area contributed by atoms with E-state index in [-0.39, 0.29) is 18.2 Å². The molecule has 1 aromatic rings. The maximum absolute atomic E-state index is 11.9. The molecule has 1 aliphatic heterocycles. The number of nitrogens with zero attached hydrogens (tertiary/aromatic N) is 1. The largest absolute Gasteiger partial charge is 0.444 e. The molecule has 2 rings (SSSR count). The number of alkyl carbamates (subject to hydrolysis) is 1. The minimum absolute atomic E-state index is 0.115. The summed E-state index contributed by atoms with van der Waals surface area (Å²) in [4.78, 5) is 14.2. The molecule has 5 nitrogen and oxygen atoms in total. The normalized spacial score (nSPS) is 20.3. The molecule has 1 heterocycles. The van der Waals surface area contributed by atoms with Crippen molar-refractivity contribution in [2.24, 2.45) is 5.73 Å². The summed E-state index contributed by atoms with van der Waals surface area (Å²) in [6, 6.07) is 8.78. The second kappa shape index (κ2) is 7.32. The van der Waals surface area contributed by atoms with Crippen molar-refractivity contribution in [1.29, 1.82) is 0 Å². The van der Waals surface area contributed by atoms with Gasteiger partial charge in [-0.15, -0.1) is 0 Å². The zero-order valence-corrected chi connectivity index (χ0v) is 14.6. The smallest absolute Gasteiger partial charge is 0.407 e. The summed E-state index contributed by atoms with van der Waals surface area (Å²) in [6.45, 7) is 10.0. The molecule has 0 aromatic heterocycles. The maximum Gasteiger partial charge on any atom is 0.407 e. The van der Waals surface area contributed by atoms with Crippen LogP contribution in [0, 0.1) is 6.92 Å². The number of hydrogen-bond donors (Lipinski definition) is 2. The van der Waals surface area contributed by atoms with E-state index in [1.54, 1.807) is 0 Å². The molecule has 1 saturated heterocycles. The number of hydrogen-bond acceptors (Lipinski definition) is 4. The van der Waals surface area contributed by atoms with Gasteiger partial charge in [0.2, 0.25) is 0 Å². The van der Waals surface area contributed by atoms with Crippen LogP contribution in [-0.4, -0.2) is 42.3 Å². The van der Waals surface area contributed by atoms with E-state index >= 15 is 0 Å². The van der Waals surface area contributed by atoms with Crippen molar-refractivity contribution < 1.29 is 9.53 Å². The molecule has 0 spiro atoms.